The minimum absolute atomic E-state index is 0.165. The zero-order valence-corrected chi connectivity index (χ0v) is 12.5. The van der Waals surface area contributed by atoms with Crippen molar-refractivity contribution < 1.29 is 4.52 Å². The standard InChI is InChI=1S/C12H17ClN6O/c1-4-19(5-2)12-16-10(13)15-11(17-12)14-7-9-6-8(3)18-20-9/h6H,4-5,7H2,1-3H3,(H,14,15,16,17). The van der Waals surface area contributed by atoms with Gasteiger partial charge in [0, 0.05) is 19.2 Å². The van der Waals surface area contributed by atoms with Gasteiger partial charge in [-0.25, -0.2) is 0 Å². The van der Waals surface area contributed by atoms with E-state index in [9.17, 15) is 0 Å². The Morgan fingerprint density at radius 2 is 2.00 bits per heavy atom. The highest BCUT2D eigenvalue weighted by Gasteiger charge is 2.10. The summed E-state index contributed by atoms with van der Waals surface area (Å²) in [7, 11) is 0. The molecule has 0 aliphatic rings. The molecule has 8 heteroatoms. The Morgan fingerprint density at radius 3 is 2.60 bits per heavy atom. The molecular weight excluding hydrogens is 280 g/mol. The first-order valence-electron chi connectivity index (χ1n) is 6.45. The number of anilines is 2. The molecular formula is C12H17ClN6O. The van der Waals surface area contributed by atoms with E-state index in [0.29, 0.717) is 24.2 Å². The molecule has 0 bridgehead atoms. The molecule has 0 aliphatic heterocycles. The van der Waals surface area contributed by atoms with Gasteiger partial charge in [0.25, 0.3) is 0 Å². The Kier molecular flexibility index (Phi) is 4.73. The smallest absolute Gasteiger partial charge is 0.231 e. The average molecular weight is 297 g/mol. The molecule has 0 atom stereocenters. The molecule has 0 radical (unpaired) electrons. The molecule has 108 valence electrons. The predicted molar refractivity (Wildman–Crippen MR) is 77.0 cm³/mol. The molecule has 0 unspecified atom stereocenters. The molecule has 2 heterocycles. The van der Waals surface area contributed by atoms with Gasteiger partial charge in [0.15, 0.2) is 5.76 Å². The average Bonchev–Trinajstić information content (AvgIpc) is 2.83. The Labute approximate surface area is 122 Å². The summed E-state index contributed by atoms with van der Waals surface area (Å²) in [5.74, 6) is 1.69. The number of rotatable bonds is 6. The van der Waals surface area contributed by atoms with Gasteiger partial charge in [0.1, 0.15) is 0 Å². The normalized spacial score (nSPS) is 10.6. The number of aryl methyl sites for hydroxylation is 1. The van der Waals surface area contributed by atoms with Crippen LogP contribution in [0.3, 0.4) is 0 Å². The maximum atomic E-state index is 5.93. The minimum atomic E-state index is 0.165. The third-order valence-corrected chi connectivity index (χ3v) is 2.91. The lowest BCUT2D eigenvalue weighted by Gasteiger charge is -2.18. The Morgan fingerprint density at radius 1 is 1.25 bits per heavy atom. The van der Waals surface area contributed by atoms with Gasteiger partial charge in [0.2, 0.25) is 17.2 Å². The molecule has 1 N–H and O–H groups in total. The van der Waals surface area contributed by atoms with Gasteiger partial charge in [-0.3, -0.25) is 0 Å². The zero-order valence-electron chi connectivity index (χ0n) is 11.7. The van der Waals surface area contributed by atoms with Crippen molar-refractivity contribution in [2.24, 2.45) is 0 Å². The van der Waals surface area contributed by atoms with Crippen molar-refractivity contribution in [2.75, 3.05) is 23.3 Å². The monoisotopic (exact) mass is 296 g/mol. The molecule has 2 aromatic heterocycles. The fourth-order valence-corrected chi connectivity index (χ4v) is 1.89. The molecule has 0 spiro atoms. The maximum Gasteiger partial charge on any atom is 0.231 e. The van der Waals surface area contributed by atoms with E-state index in [1.54, 1.807) is 0 Å². The molecule has 20 heavy (non-hydrogen) atoms. The van der Waals surface area contributed by atoms with Crippen LogP contribution in [-0.4, -0.2) is 33.2 Å². The second-order valence-corrected chi connectivity index (χ2v) is 4.53. The topological polar surface area (TPSA) is 80.0 Å². The quantitative estimate of drug-likeness (QED) is 0.876. The predicted octanol–water partition coefficient (Wildman–Crippen LogP) is 2.28. The maximum absolute atomic E-state index is 5.93. The highest BCUT2D eigenvalue weighted by atomic mass is 35.5. The van der Waals surface area contributed by atoms with Crippen molar-refractivity contribution >= 4 is 23.5 Å². The highest BCUT2D eigenvalue weighted by molar-refractivity contribution is 6.28. The lowest BCUT2D eigenvalue weighted by atomic mass is 10.4. The van der Waals surface area contributed by atoms with Crippen LogP contribution in [0.4, 0.5) is 11.9 Å². The van der Waals surface area contributed by atoms with Gasteiger partial charge >= 0.3 is 0 Å². The summed E-state index contributed by atoms with van der Waals surface area (Å²) in [6.45, 7) is 7.98. The Hall–Kier alpha value is -1.89. The lowest BCUT2D eigenvalue weighted by molar-refractivity contribution is 0.384. The van der Waals surface area contributed by atoms with Gasteiger partial charge in [-0.2, -0.15) is 15.0 Å². The molecule has 0 saturated carbocycles. The van der Waals surface area contributed by atoms with Crippen molar-refractivity contribution in [3.63, 3.8) is 0 Å². The fourth-order valence-electron chi connectivity index (χ4n) is 1.73. The molecule has 0 aliphatic carbocycles. The van der Waals surface area contributed by atoms with E-state index in [1.165, 1.54) is 0 Å². The summed E-state index contributed by atoms with van der Waals surface area (Å²) >= 11 is 5.93. The molecule has 2 aromatic rings. The van der Waals surface area contributed by atoms with Crippen LogP contribution in [-0.2, 0) is 6.54 Å². The Bertz CT molecular complexity index is 569. The van der Waals surface area contributed by atoms with Crippen molar-refractivity contribution in [1.29, 1.82) is 0 Å². The minimum Gasteiger partial charge on any atom is -0.359 e. The van der Waals surface area contributed by atoms with E-state index in [4.69, 9.17) is 16.1 Å². The van der Waals surface area contributed by atoms with Gasteiger partial charge in [-0.05, 0) is 32.4 Å². The Balaban J connectivity index is 2.11. The van der Waals surface area contributed by atoms with E-state index < -0.39 is 0 Å². The van der Waals surface area contributed by atoms with E-state index in [1.807, 2.05) is 31.7 Å². The number of hydrogen-bond donors (Lipinski definition) is 1. The first-order chi connectivity index (χ1) is 9.62. The van der Waals surface area contributed by atoms with Crippen LogP contribution in [0.5, 0.6) is 0 Å². The van der Waals surface area contributed by atoms with Gasteiger partial charge in [-0.1, -0.05) is 5.16 Å². The lowest BCUT2D eigenvalue weighted by Crippen LogP contribution is -2.25. The summed E-state index contributed by atoms with van der Waals surface area (Å²) in [6, 6.07) is 1.85. The van der Waals surface area contributed by atoms with Gasteiger partial charge in [-0.15, -0.1) is 0 Å². The summed E-state index contributed by atoms with van der Waals surface area (Å²) in [5, 5.41) is 7.03. The van der Waals surface area contributed by atoms with Crippen LogP contribution in [0.2, 0.25) is 5.28 Å². The summed E-state index contributed by atoms with van der Waals surface area (Å²) < 4.78 is 5.11. The summed E-state index contributed by atoms with van der Waals surface area (Å²) in [6.07, 6.45) is 0. The van der Waals surface area contributed by atoms with Crippen molar-refractivity contribution in [2.45, 2.75) is 27.3 Å². The highest BCUT2D eigenvalue weighted by Crippen LogP contribution is 2.14. The first-order valence-corrected chi connectivity index (χ1v) is 6.82. The van der Waals surface area contributed by atoms with Gasteiger partial charge in [0.05, 0.1) is 12.2 Å². The third-order valence-electron chi connectivity index (χ3n) is 2.74. The van der Waals surface area contributed by atoms with E-state index in [2.05, 4.69) is 25.4 Å². The number of aromatic nitrogens is 4. The van der Waals surface area contributed by atoms with Crippen molar-refractivity contribution in [1.82, 2.24) is 20.1 Å². The summed E-state index contributed by atoms with van der Waals surface area (Å²) in [5.41, 5.74) is 0.833. The number of halogens is 1. The van der Waals surface area contributed by atoms with E-state index in [-0.39, 0.29) is 5.28 Å². The van der Waals surface area contributed by atoms with Gasteiger partial charge < -0.3 is 14.7 Å². The second-order valence-electron chi connectivity index (χ2n) is 4.19. The zero-order chi connectivity index (χ0) is 14.5. The van der Waals surface area contributed by atoms with Crippen LogP contribution in [0.25, 0.3) is 0 Å². The van der Waals surface area contributed by atoms with Crippen LogP contribution < -0.4 is 10.2 Å². The molecule has 0 fully saturated rings. The van der Waals surface area contributed by atoms with Crippen LogP contribution in [0, 0.1) is 6.92 Å². The molecule has 0 saturated heterocycles. The van der Waals surface area contributed by atoms with E-state index >= 15 is 0 Å². The first kappa shape index (κ1) is 14.5. The fraction of sp³-hybridized carbons (Fsp3) is 0.500. The SMILES string of the molecule is CCN(CC)c1nc(Cl)nc(NCc2cc(C)no2)n1. The molecule has 0 amide bonds. The number of nitrogens with one attached hydrogen (secondary N) is 1. The molecule has 7 nitrogen and oxygen atoms in total. The molecule has 2 rings (SSSR count). The second kappa shape index (κ2) is 6.51. The van der Waals surface area contributed by atoms with E-state index in [0.717, 1.165) is 18.8 Å². The number of hydrogen-bond acceptors (Lipinski definition) is 7. The largest absolute Gasteiger partial charge is 0.359 e. The van der Waals surface area contributed by atoms with Crippen molar-refractivity contribution in [3.05, 3.63) is 22.8 Å². The van der Waals surface area contributed by atoms with Crippen molar-refractivity contribution in [3.8, 4) is 0 Å². The number of nitrogens with zero attached hydrogens (tertiary/aromatic N) is 5. The van der Waals surface area contributed by atoms with Crippen LogP contribution >= 0.6 is 11.6 Å². The summed E-state index contributed by atoms with van der Waals surface area (Å²) in [4.78, 5) is 14.5. The van der Waals surface area contributed by atoms with Crippen LogP contribution in [0.15, 0.2) is 10.6 Å². The van der Waals surface area contributed by atoms with Crippen LogP contribution in [0.1, 0.15) is 25.3 Å². The molecule has 0 aromatic carbocycles. The third kappa shape index (κ3) is 3.57.